The lowest BCUT2D eigenvalue weighted by atomic mass is 9.93. The van der Waals surface area contributed by atoms with E-state index in [-0.39, 0.29) is 22.8 Å². The van der Waals surface area contributed by atoms with Gasteiger partial charge in [0.2, 0.25) is 0 Å². The van der Waals surface area contributed by atoms with Gasteiger partial charge in [-0.3, -0.25) is 0 Å². The number of aryl methyl sites for hydroxylation is 2. The zero-order valence-electron chi connectivity index (χ0n) is 21.0. The van der Waals surface area contributed by atoms with E-state index in [2.05, 4.69) is 14.0 Å². The first-order chi connectivity index (χ1) is 17.9. The van der Waals surface area contributed by atoms with Crippen LogP contribution < -0.4 is 14.7 Å². The van der Waals surface area contributed by atoms with E-state index in [1.165, 1.54) is 6.08 Å². The lowest BCUT2D eigenvalue weighted by Crippen LogP contribution is -2.37. The fourth-order valence-electron chi connectivity index (χ4n) is 4.60. The zero-order chi connectivity index (χ0) is 27.7. The molecule has 0 aromatic heterocycles. The number of rotatable bonds is 6. The van der Waals surface area contributed by atoms with Crippen molar-refractivity contribution in [3.63, 3.8) is 0 Å². The molecule has 0 saturated carbocycles. The largest absolute Gasteiger partial charge is 0.874 e. The van der Waals surface area contributed by atoms with E-state index < -0.39 is 27.0 Å². The van der Waals surface area contributed by atoms with Gasteiger partial charge < -0.3 is 19.5 Å². The number of halogens is 3. The molecule has 0 radical (unpaired) electrons. The average Bonchev–Trinajstić information content (AvgIpc) is 3.29. The van der Waals surface area contributed by atoms with Crippen molar-refractivity contribution in [1.29, 1.82) is 0 Å². The smallest absolute Gasteiger partial charge is 0.573 e. The Hall–Kier alpha value is -2.96. The minimum atomic E-state index is -4.97. The van der Waals surface area contributed by atoms with Crippen molar-refractivity contribution < 1.29 is 36.2 Å². The molecule has 7 nitrogen and oxygen atoms in total. The third-order valence-electron chi connectivity index (χ3n) is 6.21. The summed E-state index contributed by atoms with van der Waals surface area (Å²) in [7, 11) is -4.42. The Labute approximate surface area is 223 Å². The van der Waals surface area contributed by atoms with Crippen molar-refractivity contribution in [2.75, 3.05) is 31.2 Å². The molecule has 0 amide bonds. The Morgan fingerprint density at radius 3 is 2.55 bits per heavy atom. The average molecular weight is 568 g/mol. The molecular weight excluding hydrogens is 541 g/mol. The van der Waals surface area contributed by atoms with E-state index in [1.807, 2.05) is 26.8 Å². The van der Waals surface area contributed by atoms with Gasteiger partial charge in [0, 0.05) is 29.7 Å². The summed E-state index contributed by atoms with van der Waals surface area (Å²) in [5.74, 6) is -0.983. The molecule has 0 unspecified atom stereocenters. The predicted octanol–water partition coefficient (Wildman–Crippen LogP) is 4.55. The van der Waals surface area contributed by atoms with Crippen molar-refractivity contribution in [2.45, 2.75) is 38.4 Å². The van der Waals surface area contributed by atoms with Gasteiger partial charge >= 0.3 is 6.36 Å². The van der Waals surface area contributed by atoms with Crippen LogP contribution in [-0.2, 0) is 21.2 Å². The molecule has 1 saturated heterocycles. The van der Waals surface area contributed by atoms with Gasteiger partial charge in [-0.1, -0.05) is 23.9 Å². The Morgan fingerprint density at radius 2 is 1.87 bits per heavy atom. The van der Waals surface area contributed by atoms with Gasteiger partial charge in [0.05, 0.1) is 23.8 Å². The topological polar surface area (TPSA) is 91.3 Å². The van der Waals surface area contributed by atoms with E-state index in [0.717, 1.165) is 77.1 Å². The number of sulfonamides is 1. The Balaban J connectivity index is 1.65. The van der Waals surface area contributed by atoms with E-state index in [9.17, 15) is 26.7 Å². The molecule has 2 aromatic rings. The lowest BCUT2D eigenvalue weighted by Gasteiger charge is -2.33. The third-order valence-corrected chi connectivity index (χ3v) is 8.44. The van der Waals surface area contributed by atoms with Crippen molar-refractivity contribution in [3.05, 3.63) is 74.7 Å². The highest BCUT2D eigenvalue weighted by atomic mass is 32.2. The van der Waals surface area contributed by atoms with Crippen LogP contribution in [0.3, 0.4) is 0 Å². The summed E-state index contributed by atoms with van der Waals surface area (Å²) in [5, 5.41) is 14.9. The highest BCUT2D eigenvalue weighted by Gasteiger charge is 2.31. The number of benzene rings is 2. The number of nitrogens with zero attached hydrogens (tertiary/aromatic N) is 2. The quantitative estimate of drug-likeness (QED) is 0.473. The minimum absolute atomic E-state index is 0.0489. The van der Waals surface area contributed by atoms with Crippen LogP contribution in [-0.4, -0.2) is 46.8 Å². The van der Waals surface area contributed by atoms with Crippen molar-refractivity contribution >= 4 is 33.2 Å². The molecule has 2 aliphatic heterocycles. The second kappa shape index (κ2) is 11.0. The Kier molecular flexibility index (Phi) is 8.15. The summed E-state index contributed by atoms with van der Waals surface area (Å²) in [5.41, 5.74) is 4.92. The monoisotopic (exact) mass is 567 g/mol. The number of alkyl halides is 3. The number of morpholine rings is 1. The molecular formula is C26H26F3N2O5S2-. The number of hydrogen-bond donors (Lipinski definition) is 0. The summed E-state index contributed by atoms with van der Waals surface area (Å²) in [4.78, 5) is 1.92. The fraction of sp³-hybridized carbons (Fsp3) is 0.346. The van der Waals surface area contributed by atoms with Crippen LogP contribution >= 0.6 is 11.8 Å². The number of thioether (sulfide) groups is 1. The molecule has 0 bridgehead atoms. The molecule has 2 heterocycles. The molecule has 38 heavy (non-hydrogen) atoms. The van der Waals surface area contributed by atoms with Crippen LogP contribution in [0.2, 0.25) is 0 Å². The van der Waals surface area contributed by atoms with E-state index in [0.29, 0.717) is 13.2 Å². The summed E-state index contributed by atoms with van der Waals surface area (Å²) < 4.78 is 76.5. The van der Waals surface area contributed by atoms with Crippen LogP contribution in [0.15, 0.2) is 61.8 Å². The first-order valence-electron chi connectivity index (χ1n) is 11.7. The van der Waals surface area contributed by atoms with Crippen molar-refractivity contribution in [1.82, 2.24) is 0 Å². The maximum absolute atomic E-state index is 13.4. The number of hydrogen-bond acceptors (Lipinski definition) is 7. The molecule has 204 valence electrons. The van der Waals surface area contributed by atoms with Gasteiger partial charge in [-0.15, -0.1) is 18.9 Å². The van der Waals surface area contributed by atoms with Crippen LogP contribution in [0.1, 0.15) is 22.3 Å². The zero-order valence-corrected chi connectivity index (χ0v) is 22.6. The maximum Gasteiger partial charge on any atom is 0.573 e. The minimum Gasteiger partial charge on any atom is -0.874 e. The van der Waals surface area contributed by atoms with Gasteiger partial charge in [-0.25, -0.2) is 0 Å². The van der Waals surface area contributed by atoms with Crippen LogP contribution in [0, 0.1) is 20.8 Å². The molecule has 0 aliphatic carbocycles. The maximum atomic E-state index is 13.4. The fourth-order valence-corrected chi connectivity index (χ4v) is 6.46. The first kappa shape index (κ1) is 28.1. The lowest BCUT2D eigenvalue weighted by molar-refractivity contribution is -0.305. The molecule has 12 heteroatoms. The Bertz CT molecular complexity index is 1430. The molecule has 2 aliphatic rings. The normalized spacial score (nSPS) is 18.8. The van der Waals surface area contributed by atoms with Gasteiger partial charge in [0.15, 0.2) is 0 Å². The van der Waals surface area contributed by atoms with Gasteiger partial charge in [-0.2, -0.15) is 12.8 Å². The van der Waals surface area contributed by atoms with Gasteiger partial charge in [-0.05, 0) is 73.1 Å². The highest BCUT2D eigenvalue weighted by molar-refractivity contribution is 8.07. The third kappa shape index (κ3) is 6.36. The SMILES string of the molecule is Cc1cc(C)c(N2CCOCC2)c(C)c1C/C([O-])=C1/SC=C/C1=N\S(=O)(=O)c1cccc(OC(F)(F)F)c1. The standard InChI is InChI=1S/C26H27F3N2O5S2/c1-16-13-17(2)24(31-8-10-35-11-9-31)18(3)21(16)15-23(32)25-22(7-12-37-25)30-38(33,34)20-6-4-5-19(14-20)36-26(27,28)29/h4-7,12-14,32H,8-11,15H2,1-3H3/p-1/b25-23-,30-22+. The molecule has 2 aromatic carbocycles. The predicted molar refractivity (Wildman–Crippen MR) is 139 cm³/mol. The molecule has 0 spiro atoms. The van der Waals surface area contributed by atoms with Gasteiger partial charge in [0.1, 0.15) is 5.75 Å². The summed E-state index contributed by atoms with van der Waals surface area (Å²) in [6.45, 7) is 8.70. The molecule has 0 N–H and O–H groups in total. The van der Waals surface area contributed by atoms with Crippen molar-refractivity contribution in [3.8, 4) is 5.75 Å². The number of allylic oxidation sites excluding steroid dienone is 3. The molecule has 1 fully saturated rings. The highest BCUT2D eigenvalue weighted by Crippen LogP contribution is 2.35. The Morgan fingerprint density at radius 1 is 1.16 bits per heavy atom. The summed E-state index contributed by atoms with van der Waals surface area (Å²) in [6.07, 6.45) is -3.52. The first-order valence-corrected chi connectivity index (χ1v) is 14.0. The van der Waals surface area contributed by atoms with Crippen LogP contribution in [0.25, 0.3) is 0 Å². The van der Waals surface area contributed by atoms with E-state index >= 15 is 0 Å². The second-order valence-corrected chi connectivity index (χ2v) is 11.4. The summed E-state index contributed by atoms with van der Waals surface area (Å²) in [6, 6.07) is 6.01. The number of anilines is 1. The molecule has 0 atom stereocenters. The number of ether oxygens (including phenoxy) is 2. The van der Waals surface area contributed by atoms with Crippen molar-refractivity contribution in [2.24, 2.45) is 4.40 Å². The second-order valence-electron chi connectivity index (χ2n) is 8.89. The van der Waals surface area contributed by atoms with E-state index in [1.54, 1.807) is 5.41 Å². The summed E-state index contributed by atoms with van der Waals surface area (Å²) >= 11 is 1.06. The van der Waals surface area contributed by atoms with Crippen LogP contribution in [0.5, 0.6) is 5.75 Å². The van der Waals surface area contributed by atoms with E-state index in [4.69, 9.17) is 4.74 Å². The van der Waals surface area contributed by atoms with Gasteiger partial charge in [0.25, 0.3) is 10.0 Å². The molecule has 4 rings (SSSR count). The van der Waals surface area contributed by atoms with Crippen LogP contribution in [0.4, 0.5) is 18.9 Å².